The van der Waals surface area contributed by atoms with Crippen LogP contribution in [0, 0.1) is 0 Å². The Morgan fingerprint density at radius 3 is 2.67 bits per heavy atom. The number of nitrogens with zero attached hydrogens (tertiary/aromatic N) is 1. The Morgan fingerprint density at radius 2 is 1.95 bits per heavy atom. The second kappa shape index (κ2) is 7.14. The number of hydrazone groups is 1. The molecule has 4 nitrogen and oxygen atoms in total. The van der Waals surface area contributed by atoms with Gasteiger partial charge in [0, 0.05) is 0 Å². The fourth-order valence-electron chi connectivity index (χ4n) is 1.72. The van der Waals surface area contributed by atoms with Crippen LogP contribution in [-0.2, 0) is 0 Å². The Hall–Kier alpha value is -2.75. The molecule has 2 aromatic rings. The highest BCUT2D eigenvalue weighted by Gasteiger charge is 2.00. The van der Waals surface area contributed by atoms with Crippen molar-refractivity contribution in [1.82, 2.24) is 0 Å². The molecule has 0 aliphatic carbocycles. The molecule has 0 atom stereocenters. The van der Waals surface area contributed by atoms with Gasteiger partial charge in [-0.15, -0.1) is 0 Å². The lowest BCUT2D eigenvalue weighted by Gasteiger charge is -2.03. The highest BCUT2D eigenvalue weighted by Crippen LogP contribution is 2.26. The van der Waals surface area contributed by atoms with Gasteiger partial charge in [0.25, 0.3) is 0 Å². The molecule has 0 aliphatic heterocycles. The summed E-state index contributed by atoms with van der Waals surface area (Å²) in [4.78, 5) is 0. The summed E-state index contributed by atoms with van der Waals surface area (Å²) in [6.45, 7) is 1.91. The number of allylic oxidation sites excluding steroid dienone is 1. The number of phenolic OH excluding ortho intramolecular Hbond substituents is 1. The third kappa shape index (κ3) is 4.38. The van der Waals surface area contributed by atoms with E-state index >= 15 is 0 Å². The molecule has 0 bridgehead atoms. The maximum absolute atomic E-state index is 9.54. The number of phenols is 1. The van der Waals surface area contributed by atoms with Gasteiger partial charge in [0.2, 0.25) is 0 Å². The highest BCUT2D eigenvalue weighted by molar-refractivity contribution is 5.96. The van der Waals surface area contributed by atoms with Gasteiger partial charge in [0.1, 0.15) is 0 Å². The fourth-order valence-corrected chi connectivity index (χ4v) is 1.72. The number of anilines is 1. The molecule has 2 rings (SSSR count). The second-order valence-electron chi connectivity index (χ2n) is 4.50. The van der Waals surface area contributed by atoms with E-state index in [0.29, 0.717) is 5.75 Å². The molecule has 0 radical (unpaired) electrons. The van der Waals surface area contributed by atoms with Crippen LogP contribution >= 0.6 is 0 Å². The largest absolute Gasteiger partial charge is 0.504 e. The SMILES string of the molecule is COc1cc(C=CC(C)=NNc2ccccc2)ccc1O. The van der Waals surface area contributed by atoms with Crippen molar-refractivity contribution in [2.75, 3.05) is 12.5 Å². The van der Waals surface area contributed by atoms with E-state index in [2.05, 4.69) is 10.5 Å². The Balaban J connectivity index is 2.03. The zero-order chi connectivity index (χ0) is 15.1. The van der Waals surface area contributed by atoms with Crippen molar-refractivity contribution in [3.05, 3.63) is 60.2 Å². The van der Waals surface area contributed by atoms with E-state index in [-0.39, 0.29) is 5.75 Å². The lowest BCUT2D eigenvalue weighted by molar-refractivity contribution is 0.373. The number of hydrogen-bond donors (Lipinski definition) is 2. The fraction of sp³-hybridized carbons (Fsp3) is 0.118. The standard InChI is InChI=1S/C17H18N2O2/c1-13(18-19-15-6-4-3-5-7-15)8-9-14-10-11-16(20)17(12-14)21-2/h3-12,19-20H,1-2H3. The number of para-hydroxylation sites is 1. The molecular formula is C17H18N2O2. The molecule has 0 aliphatic rings. The monoisotopic (exact) mass is 282 g/mol. The second-order valence-corrected chi connectivity index (χ2v) is 4.50. The number of aromatic hydroxyl groups is 1. The first-order valence-electron chi connectivity index (χ1n) is 6.59. The Labute approximate surface area is 124 Å². The average molecular weight is 282 g/mol. The van der Waals surface area contributed by atoms with Crippen molar-refractivity contribution in [2.45, 2.75) is 6.92 Å². The molecule has 0 saturated heterocycles. The van der Waals surface area contributed by atoms with Gasteiger partial charge in [-0.3, -0.25) is 5.43 Å². The Morgan fingerprint density at radius 1 is 1.19 bits per heavy atom. The van der Waals surface area contributed by atoms with Crippen molar-refractivity contribution in [3.63, 3.8) is 0 Å². The maximum atomic E-state index is 9.54. The van der Waals surface area contributed by atoms with Crippen LogP contribution in [-0.4, -0.2) is 17.9 Å². The minimum absolute atomic E-state index is 0.130. The van der Waals surface area contributed by atoms with E-state index in [9.17, 15) is 5.11 Å². The molecule has 0 saturated carbocycles. The minimum atomic E-state index is 0.130. The van der Waals surface area contributed by atoms with Gasteiger partial charge in [-0.25, -0.2) is 0 Å². The number of benzene rings is 2. The smallest absolute Gasteiger partial charge is 0.161 e. The summed E-state index contributed by atoms with van der Waals surface area (Å²) in [6.07, 6.45) is 3.80. The first-order chi connectivity index (χ1) is 10.2. The number of methoxy groups -OCH3 is 1. The third-order valence-electron chi connectivity index (χ3n) is 2.86. The molecule has 108 valence electrons. The van der Waals surface area contributed by atoms with Crippen molar-refractivity contribution < 1.29 is 9.84 Å². The highest BCUT2D eigenvalue weighted by atomic mass is 16.5. The molecule has 2 aromatic carbocycles. The Kier molecular flexibility index (Phi) is 4.99. The van der Waals surface area contributed by atoms with Gasteiger partial charge in [0.05, 0.1) is 18.5 Å². The lowest BCUT2D eigenvalue weighted by Crippen LogP contribution is -1.93. The summed E-state index contributed by atoms with van der Waals surface area (Å²) in [7, 11) is 1.53. The summed E-state index contributed by atoms with van der Waals surface area (Å²) < 4.78 is 5.07. The van der Waals surface area contributed by atoms with E-state index in [4.69, 9.17) is 4.74 Å². The molecule has 0 fully saturated rings. The van der Waals surface area contributed by atoms with Gasteiger partial charge in [-0.2, -0.15) is 5.10 Å². The molecule has 0 aromatic heterocycles. The summed E-state index contributed by atoms with van der Waals surface area (Å²) in [6, 6.07) is 14.9. The molecular weight excluding hydrogens is 264 g/mol. The summed E-state index contributed by atoms with van der Waals surface area (Å²) in [5, 5.41) is 13.8. The van der Waals surface area contributed by atoms with E-state index in [1.165, 1.54) is 7.11 Å². The molecule has 0 amide bonds. The molecule has 0 spiro atoms. The first-order valence-corrected chi connectivity index (χ1v) is 6.59. The Bertz CT molecular complexity index is 649. The zero-order valence-corrected chi connectivity index (χ0v) is 12.1. The van der Waals surface area contributed by atoms with Crippen LogP contribution in [0.15, 0.2) is 59.7 Å². The maximum Gasteiger partial charge on any atom is 0.161 e. The predicted molar refractivity (Wildman–Crippen MR) is 86.9 cm³/mol. The van der Waals surface area contributed by atoms with Crippen molar-refractivity contribution in [1.29, 1.82) is 0 Å². The van der Waals surface area contributed by atoms with Gasteiger partial charge < -0.3 is 9.84 Å². The predicted octanol–water partition coefficient (Wildman–Crippen LogP) is 3.90. The van der Waals surface area contributed by atoms with Crippen LogP contribution in [0.4, 0.5) is 5.69 Å². The van der Waals surface area contributed by atoms with E-state index in [1.807, 2.05) is 55.5 Å². The van der Waals surface area contributed by atoms with E-state index in [1.54, 1.807) is 12.1 Å². The van der Waals surface area contributed by atoms with E-state index in [0.717, 1.165) is 17.0 Å². The van der Waals surface area contributed by atoms with Crippen molar-refractivity contribution >= 4 is 17.5 Å². The normalized spacial score (nSPS) is 11.6. The average Bonchev–Trinajstić information content (AvgIpc) is 2.53. The van der Waals surface area contributed by atoms with Crippen molar-refractivity contribution in [3.8, 4) is 11.5 Å². The first kappa shape index (κ1) is 14.7. The van der Waals surface area contributed by atoms with Crippen LogP contribution in [0.1, 0.15) is 12.5 Å². The van der Waals surface area contributed by atoms with Crippen LogP contribution < -0.4 is 10.2 Å². The molecule has 4 heteroatoms. The number of nitrogens with one attached hydrogen (secondary N) is 1. The van der Waals surface area contributed by atoms with Gasteiger partial charge >= 0.3 is 0 Å². The van der Waals surface area contributed by atoms with Crippen LogP contribution in [0.3, 0.4) is 0 Å². The summed E-state index contributed by atoms with van der Waals surface area (Å²) >= 11 is 0. The minimum Gasteiger partial charge on any atom is -0.504 e. The van der Waals surface area contributed by atoms with Gasteiger partial charge in [-0.05, 0) is 42.8 Å². The molecule has 21 heavy (non-hydrogen) atoms. The molecule has 0 unspecified atom stereocenters. The summed E-state index contributed by atoms with van der Waals surface area (Å²) in [5.41, 5.74) is 5.69. The third-order valence-corrected chi connectivity index (χ3v) is 2.86. The van der Waals surface area contributed by atoms with Gasteiger partial charge in [-0.1, -0.05) is 30.3 Å². The molecule has 0 heterocycles. The van der Waals surface area contributed by atoms with E-state index < -0.39 is 0 Å². The molecule has 2 N–H and O–H groups in total. The number of ether oxygens (including phenoxy) is 1. The summed E-state index contributed by atoms with van der Waals surface area (Å²) in [5.74, 6) is 0.583. The quantitative estimate of drug-likeness (QED) is 0.646. The zero-order valence-electron chi connectivity index (χ0n) is 12.1. The van der Waals surface area contributed by atoms with Gasteiger partial charge in [0.15, 0.2) is 11.5 Å². The topological polar surface area (TPSA) is 53.8 Å². The number of rotatable bonds is 5. The number of hydrogen-bond acceptors (Lipinski definition) is 4. The lowest BCUT2D eigenvalue weighted by atomic mass is 10.1. The van der Waals surface area contributed by atoms with Crippen LogP contribution in [0.5, 0.6) is 11.5 Å². The van der Waals surface area contributed by atoms with Crippen LogP contribution in [0.25, 0.3) is 6.08 Å². The van der Waals surface area contributed by atoms with Crippen LogP contribution in [0.2, 0.25) is 0 Å². The van der Waals surface area contributed by atoms with Crippen molar-refractivity contribution in [2.24, 2.45) is 5.10 Å².